The van der Waals surface area contributed by atoms with E-state index >= 15 is 0 Å². The Balaban J connectivity index is 2.28. The summed E-state index contributed by atoms with van der Waals surface area (Å²) in [5.41, 5.74) is 1.07. The summed E-state index contributed by atoms with van der Waals surface area (Å²) < 4.78 is 4.62. The van der Waals surface area contributed by atoms with Gasteiger partial charge in [0.2, 0.25) is 0 Å². The molecule has 1 rings (SSSR count). The fourth-order valence-electron chi connectivity index (χ4n) is 4.84. The molecule has 3 heteroatoms. The fourth-order valence-corrected chi connectivity index (χ4v) is 4.84. The van der Waals surface area contributed by atoms with Gasteiger partial charge in [0.15, 0.2) is 0 Å². The van der Waals surface area contributed by atoms with E-state index in [4.69, 9.17) is 0 Å². The van der Waals surface area contributed by atoms with Crippen LogP contribution in [0.5, 0.6) is 0 Å². The molecule has 150 valence electrons. The second kappa shape index (κ2) is 10.9. The van der Waals surface area contributed by atoms with Gasteiger partial charge in [0.05, 0.1) is 12.3 Å². The molecule has 1 heterocycles. The molecule has 0 aromatic rings. The summed E-state index contributed by atoms with van der Waals surface area (Å²) in [5, 5.41) is 0. The maximum atomic E-state index is 11.6. The first kappa shape index (κ1) is 22.9. The van der Waals surface area contributed by atoms with Crippen LogP contribution in [0.25, 0.3) is 0 Å². The van der Waals surface area contributed by atoms with Gasteiger partial charge in [-0.25, -0.2) is 0 Å². The summed E-state index contributed by atoms with van der Waals surface area (Å²) in [5.74, 6) is 2.56. The third-order valence-electron chi connectivity index (χ3n) is 5.42. The molecular formula is C23H40O3. The largest absolute Gasteiger partial charge is 0.393 e. The van der Waals surface area contributed by atoms with Crippen molar-refractivity contribution in [3.05, 3.63) is 12.2 Å². The number of allylic oxidation sites excluding steroid dienone is 1. The quantitative estimate of drug-likeness (QED) is 0.236. The average molecular weight is 365 g/mol. The second-order valence-corrected chi connectivity index (χ2v) is 9.61. The number of cyclic esters (lactones) is 2. The highest BCUT2D eigenvalue weighted by molar-refractivity contribution is 5.94. The monoisotopic (exact) mass is 364 g/mol. The molecule has 0 aliphatic carbocycles. The summed E-state index contributed by atoms with van der Waals surface area (Å²) in [7, 11) is 0. The highest BCUT2D eigenvalue weighted by Crippen LogP contribution is 2.30. The van der Waals surface area contributed by atoms with E-state index in [0.717, 1.165) is 29.7 Å². The van der Waals surface area contributed by atoms with Gasteiger partial charge < -0.3 is 4.74 Å². The van der Waals surface area contributed by atoms with E-state index in [1.165, 1.54) is 25.7 Å². The lowest BCUT2D eigenvalue weighted by Gasteiger charge is -2.24. The van der Waals surface area contributed by atoms with Crippen LogP contribution in [0, 0.1) is 35.5 Å². The van der Waals surface area contributed by atoms with E-state index in [1.807, 2.05) is 0 Å². The molecule has 26 heavy (non-hydrogen) atoms. The van der Waals surface area contributed by atoms with E-state index in [1.54, 1.807) is 0 Å². The minimum Gasteiger partial charge on any atom is -0.393 e. The number of ether oxygens (including phenoxy) is 1. The summed E-state index contributed by atoms with van der Waals surface area (Å²) >= 11 is 0. The Morgan fingerprint density at radius 2 is 1.42 bits per heavy atom. The molecule has 1 saturated heterocycles. The second-order valence-electron chi connectivity index (χ2n) is 9.61. The molecule has 1 aliphatic heterocycles. The van der Waals surface area contributed by atoms with E-state index in [9.17, 15) is 9.59 Å². The molecule has 0 aromatic heterocycles. The van der Waals surface area contributed by atoms with Gasteiger partial charge in [-0.3, -0.25) is 9.59 Å². The zero-order chi connectivity index (χ0) is 19.9. The Bertz CT molecular complexity index is 480. The minimum absolute atomic E-state index is 0.217. The van der Waals surface area contributed by atoms with Crippen molar-refractivity contribution in [3.63, 3.8) is 0 Å². The fraction of sp³-hybridized carbons (Fsp3) is 0.826. The highest BCUT2D eigenvalue weighted by Gasteiger charge is 2.33. The van der Waals surface area contributed by atoms with Crippen molar-refractivity contribution in [1.82, 2.24) is 0 Å². The third kappa shape index (κ3) is 9.00. The molecule has 5 atom stereocenters. The molecule has 0 N–H and O–H groups in total. The predicted octanol–water partition coefficient (Wildman–Crippen LogP) is 6.17. The van der Waals surface area contributed by atoms with Crippen LogP contribution in [0.3, 0.4) is 0 Å². The van der Waals surface area contributed by atoms with Gasteiger partial charge in [-0.05, 0) is 68.1 Å². The first-order chi connectivity index (χ1) is 12.1. The van der Waals surface area contributed by atoms with Crippen molar-refractivity contribution in [2.24, 2.45) is 35.5 Å². The van der Waals surface area contributed by atoms with Crippen LogP contribution in [0.2, 0.25) is 0 Å². The maximum absolute atomic E-state index is 11.6. The van der Waals surface area contributed by atoms with Gasteiger partial charge in [0.1, 0.15) is 0 Å². The molecule has 1 aliphatic rings. The summed E-state index contributed by atoms with van der Waals surface area (Å²) in [4.78, 5) is 22.8. The van der Waals surface area contributed by atoms with Crippen molar-refractivity contribution >= 4 is 11.9 Å². The van der Waals surface area contributed by atoms with Crippen LogP contribution in [0.15, 0.2) is 12.2 Å². The third-order valence-corrected chi connectivity index (χ3v) is 5.42. The topological polar surface area (TPSA) is 43.4 Å². The van der Waals surface area contributed by atoms with Crippen LogP contribution in [0.4, 0.5) is 0 Å². The maximum Gasteiger partial charge on any atom is 0.317 e. The van der Waals surface area contributed by atoms with Crippen LogP contribution in [-0.2, 0) is 14.3 Å². The molecule has 0 aromatic carbocycles. The van der Waals surface area contributed by atoms with Crippen molar-refractivity contribution in [2.45, 2.75) is 86.5 Å². The van der Waals surface area contributed by atoms with Crippen molar-refractivity contribution in [3.8, 4) is 0 Å². The van der Waals surface area contributed by atoms with Crippen molar-refractivity contribution in [1.29, 1.82) is 0 Å². The van der Waals surface area contributed by atoms with Gasteiger partial charge in [-0.15, -0.1) is 0 Å². The molecule has 5 unspecified atom stereocenters. The number of carbonyl (C=O) groups excluding carboxylic acids is 2. The smallest absolute Gasteiger partial charge is 0.317 e. The highest BCUT2D eigenvalue weighted by atomic mass is 16.6. The zero-order valence-corrected chi connectivity index (χ0v) is 17.8. The molecule has 0 amide bonds. The zero-order valence-electron chi connectivity index (χ0n) is 17.8. The molecule has 3 nitrogen and oxygen atoms in total. The normalized spacial score (nSPS) is 22.2. The SMILES string of the molecule is C=C(CC(C)CC(C)CC(C)CC(C)CC(C)C)CC1CC(=O)OC1=O. The molecular weight excluding hydrogens is 324 g/mol. The van der Waals surface area contributed by atoms with Crippen molar-refractivity contribution in [2.75, 3.05) is 0 Å². The Morgan fingerprint density at radius 1 is 0.923 bits per heavy atom. The van der Waals surface area contributed by atoms with Crippen LogP contribution < -0.4 is 0 Å². The Morgan fingerprint density at radius 3 is 1.88 bits per heavy atom. The van der Waals surface area contributed by atoms with E-state index in [2.05, 4.69) is 52.9 Å². The molecule has 0 radical (unpaired) electrons. The standard InChI is InChI=1S/C23H40O3/c1-15(2)8-16(3)9-17(4)10-18(5)11-19(6)12-20(7)13-21-14-22(24)26-23(21)25/h15-19,21H,7-14H2,1-6H3. The Hall–Kier alpha value is -1.12. The summed E-state index contributed by atoms with van der Waals surface area (Å²) in [6.45, 7) is 18.1. The number of hydrogen-bond acceptors (Lipinski definition) is 3. The van der Waals surface area contributed by atoms with Gasteiger partial charge in [-0.2, -0.15) is 0 Å². The van der Waals surface area contributed by atoms with E-state index in [0.29, 0.717) is 18.3 Å². The van der Waals surface area contributed by atoms with E-state index < -0.39 is 5.97 Å². The molecule has 0 bridgehead atoms. The predicted molar refractivity (Wildman–Crippen MR) is 108 cm³/mol. The van der Waals surface area contributed by atoms with E-state index in [-0.39, 0.29) is 18.3 Å². The lowest BCUT2D eigenvalue weighted by Crippen LogP contribution is -2.13. The van der Waals surface area contributed by atoms with Gasteiger partial charge in [0, 0.05) is 0 Å². The first-order valence-corrected chi connectivity index (χ1v) is 10.5. The lowest BCUT2D eigenvalue weighted by molar-refractivity contribution is -0.153. The van der Waals surface area contributed by atoms with Crippen molar-refractivity contribution < 1.29 is 14.3 Å². The number of esters is 2. The number of hydrogen-bond donors (Lipinski definition) is 0. The Kier molecular flexibility index (Phi) is 9.60. The van der Waals surface area contributed by atoms with Gasteiger partial charge >= 0.3 is 11.9 Å². The molecule has 0 spiro atoms. The molecule has 1 fully saturated rings. The van der Waals surface area contributed by atoms with Gasteiger partial charge in [0.25, 0.3) is 0 Å². The first-order valence-electron chi connectivity index (χ1n) is 10.5. The molecule has 0 saturated carbocycles. The van der Waals surface area contributed by atoms with Gasteiger partial charge in [-0.1, -0.05) is 53.7 Å². The number of rotatable bonds is 12. The van der Waals surface area contributed by atoms with Crippen LogP contribution >= 0.6 is 0 Å². The minimum atomic E-state index is -0.393. The average Bonchev–Trinajstić information content (AvgIpc) is 2.74. The van der Waals surface area contributed by atoms with Crippen LogP contribution in [0.1, 0.15) is 86.5 Å². The summed E-state index contributed by atoms with van der Waals surface area (Å²) in [6.07, 6.45) is 6.85. The lowest BCUT2D eigenvalue weighted by atomic mass is 9.82. The summed E-state index contributed by atoms with van der Waals surface area (Å²) in [6, 6.07) is 0. The Labute approximate surface area is 161 Å². The number of carbonyl (C=O) groups is 2. The van der Waals surface area contributed by atoms with Crippen LogP contribution in [-0.4, -0.2) is 11.9 Å².